The molecule has 0 radical (unpaired) electrons. The van der Waals surface area contributed by atoms with Crippen molar-refractivity contribution < 1.29 is 32.9 Å². The van der Waals surface area contributed by atoms with Gasteiger partial charge in [-0.15, -0.1) is 0 Å². The summed E-state index contributed by atoms with van der Waals surface area (Å²) >= 11 is 0. The van der Waals surface area contributed by atoms with Crippen LogP contribution in [0.2, 0.25) is 0 Å². The Balaban J connectivity index is 1.82. The molecule has 1 aliphatic rings. The van der Waals surface area contributed by atoms with E-state index in [-0.39, 0.29) is 30.6 Å². The Hall–Kier alpha value is -3.69. The lowest BCUT2D eigenvalue weighted by Gasteiger charge is -2.32. The summed E-state index contributed by atoms with van der Waals surface area (Å²) in [6.07, 6.45) is 5.55. The predicted octanol–water partition coefficient (Wildman–Crippen LogP) is 4.86. The quantitative estimate of drug-likeness (QED) is 0.336. The minimum Gasteiger partial charge on any atom is -0.501 e. The summed E-state index contributed by atoms with van der Waals surface area (Å²) in [5.41, 5.74) is 1.42. The number of carbonyl (C=O) groups excluding carboxylic acids is 1. The average molecular weight is 513 g/mol. The van der Waals surface area contributed by atoms with Gasteiger partial charge in [0.05, 0.1) is 38.6 Å². The van der Waals surface area contributed by atoms with Gasteiger partial charge >= 0.3 is 0 Å². The molecule has 0 saturated heterocycles. The zero-order valence-corrected chi connectivity index (χ0v) is 21.2. The largest absolute Gasteiger partial charge is 0.501 e. The molecule has 1 heterocycles. The van der Waals surface area contributed by atoms with Gasteiger partial charge in [0.15, 0.2) is 5.78 Å². The van der Waals surface area contributed by atoms with Crippen LogP contribution in [-0.2, 0) is 9.47 Å². The van der Waals surface area contributed by atoms with Crippen molar-refractivity contribution in [3.8, 4) is 5.75 Å². The lowest BCUT2D eigenvalue weighted by atomic mass is 9.92. The minimum absolute atomic E-state index is 0.122. The lowest BCUT2D eigenvalue weighted by Crippen LogP contribution is -2.35. The van der Waals surface area contributed by atoms with Gasteiger partial charge in [-0.2, -0.15) is 0 Å². The van der Waals surface area contributed by atoms with Gasteiger partial charge in [0.2, 0.25) is 0 Å². The van der Waals surface area contributed by atoms with Crippen molar-refractivity contribution in [3.63, 3.8) is 0 Å². The fraction of sp³-hybridized carbons (Fsp3) is 0.321. The summed E-state index contributed by atoms with van der Waals surface area (Å²) in [7, 11) is 2.94. The van der Waals surface area contributed by atoms with Crippen LogP contribution >= 0.6 is 0 Å². The molecule has 0 bridgehead atoms. The Morgan fingerprint density at radius 2 is 2.00 bits per heavy atom. The van der Waals surface area contributed by atoms with E-state index in [9.17, 15) is 18.7 Å². The molecule has 0 saturated carbocycles. The minimum atomic E-state index is -0.999. The van der Waals surface area contributed by atoms with Gasteiger partial charge in [-0.25, -0.2) is 8.78 Å². The smallest absolute Gasteiger partial charge is 0.191 e. The molecule has 0 amide bonds. The predicted molar refractivity (Wildman–Crippen MR) is 135 cm³/mol. The van der Waals surface area contributed by atoms with Crippen LogP contribution in [0.25, 0.3) is 10.9 Å². The van der Waals surface area contributed by atoms with E-state index in [1.807, 2.05) is 13.0 Å². The summed E-state index contributed by atoms with van der Waals surface area (Å²) in [6.45, 7) is 3.46. The number of H-pyrrole nitrogens is 1. The number of fused-ring (bicyclic) bond motifs is 1. The Kier molecular flexibility index (Phi) is 7.65. The first kappa shape index (κ1) is 26.4. The van der Waals surface area contributed by atoms with Gasteiger partial charge in [0.1, 0.15) is 29.2 Å². The monoisotopic (exact) mass is 512 g/mol. The van der Waals surface area contributed by atoms with E-state index in [1.165, 1.54) is 31.4 Å². The maximum atomic E-state index is 14.1. The molecule has 0 aliphatic heterocycles. The van der Waals surface area contributed by atoms with Gasteiger partial charge in [0.25, 0.3) is 0 Å². The van der Waals surface area contributed by atoms with E-state index in [0.717, 1.165) is 0 Å². The number of aryl methyl sites for hydroxylation is 1. The number of ketones is 1. The number of aromatic nitrogens is 1. The van der Waals surface area contributed by atoms with Crippen LogP contribution in [0.3, 0.4) is 0 Å². The second-order valence-corrected chi connectivity index (χ2v) is 9.10. The van der Waals surface area contributed by atoms with Crippen molar-refractivity contribution in [1.29, 1.82) is 0 Å². The van der Waals surface area contributed by atoms with Gasteiger partial charge in [-0.3, -0.25) is 4.79 Å². The number of Topliss-reactive ketones (excluding diaryl/α,β-unsaturated/α-hetero) is 1. The maximum absolute atomic E-state index is 14.1. The number of rotatable bonds is 10. The van der Waals surface area contributed by atoms with Gasteiger partial charge in [-0.05, 0) is 50.3 Å². The Labute approximate surface area is 213 Å². The molecule has 2 aromatic carbocycles. The maximum Gasteiger partial charge on any atom is 0.191 e. The molecule has 7 nitrogen and oxygen atoms in total. The molecule has 1 aliphatic carbocycles. The molecule has 3 N–H and O–H groups in total. The van der Waals surface area contributed by atoms with E-state index in [0.29, 0.717) is 45.5 Å². The summed E-state index contributed by atoms with van der Waals surface area (Å²) in [4.78, 5) is 17.1. The van der Waals surface area contributed by atoms with Gasteiger partial charge in [0, 0.05) is 46.5 Å². The molecule has 2 atom stereocenters. The SMILES string of the molecule is COC1=CC(NC(C(=O)c2c[nH]c3c(C)c(F)ccc23)c2ccc(F)cc2OC)=CC(C)(OCCO)C1. The molecule has 196 valence electrons. The van der Waals surface area contributed by atoms with Crippen LogP contribution < -0.4 is 10.1 Å². The second kappa shape index (κ2) is 10.7. The van der Waals surface area contributed by atoms with E-state index >= 15 is 0 Å². The fourth-order valence-corrected chi connectivity index (χ4v) is 4.63. The highest BCUT2D eigenvalue weighted by Crippen LogP contribution is 2.35. The third kappa shape index (κ3) is 5.38. The number of allylic oxidation sites excluding steroid dienone is 1. The first-order valence-electron chi connectivity index (χ1n) is 11.8. The molecule has 9 heteroatoms. The van der Waals surface area contributed by atoms with Crippen molar-refractivity contribution in [2.75, 3.05) is 27.4 Å². The highest BCUT2D eigenvalue weighted by atomic mass is 19.1. The summed E-state index contributed by atoms with van der Waals surface area (Å²) in [5, 5.41) is 13.1. The number of nitrogens with one attached hydrogen (secondary N) is 2. The van der Waals surface area contributed by atoms with Gasteiger partial charge < -0.3 is 29.6 Å². The summed E-state index contributed by atoms with van der Waals surface area (Å²) in [6, 6.07) is 5.85. The number of benzene rings is 2. The standard InChI is InChI=1S/C28H30F2N2O5/c1-16-23(30)8-7-20-22(15-31-25(16)20)27(34)26(21-6-5-17(29)11-24(21)36-4)32-18-12-19(35-3)14-28(2,13-18)37-10-9-33/h5-8,11-13,15,26,31-33H,9-10,14H2,1-4H3. The van der Waals surface area contributed by atoms with E-state index < -0.39 is 17.5 Å². The zero-order valence-electron chi connectivity index (χ0n) is 21.2. The molecular formula is C28H30F2N2O5. The van der Waals surface area contributed by atoms with Crippen LogP contribution in [0, 0.1) is 18.6 Å². The number of halogens is 2. The van der Waals surface area contributed by atoms with Crippen LogP contribution in [0.5, 0.6) is 5.75 Å². The Morgan fingerprint density at radius 1 is 1.22 bits per heavy atom. The third-order valence-electron chi connectivity index (χ3n) is 6.48. The molecule has 2 unspecified atom stereocenters. The zero-order chi connectivity index (χ0) is 26.7. The van der Waals surface area contributed by atoms with Gasteiger partial charge in [-0.1, -0.05) is 0 Å². The van der Waals surface area contributed by atoms with Crippen molar-refractivity contribution in [2.45, 2.75) is 31.9 Å². The number of aliphatic hydroxyl groups excluding tert-OH is 1. The molecule has 0 spiro atoms. The molecule has 1 aromatic heterocycles. The lowest BCUT2D eigenvalue weighted by molar-refractivity contribution is -0.0211. The summed E-state index contributed by atoms with van der Waals surface area (Å²) < 4.78 is 45.0. The van der Waals surface area contributed by atoms with E-state index in [1.54, 1.807) is 32.4 Å². The topological polar surface area (TPSA) is 92.8 Å². The second-order valence-electron chi connectivity index (χ2n) is 9.10. The number of methoxy groups -OCH3 is 2. The third-order valence-corrected chi connectivity index (χ3v) is 6.48. The molecular weight excluding hydrogens is 482 g/mol. The number of hydrogen-bond acceptors (Lipinski definition) is 6. The molecule has 37 heavy (non-hydrogen) atoms. The van der Waals surface area contributed by atoms with Crippen molar-refractivity contribution in [2.24, 2.45) is 0 Å². The highest BCUT2D eigenvalue weighted by Gasteiger charge is 2.33. The average Bonchev–Trinajstić information content (AvgIpc) is 3.32. The van der Waals surface area contributed by atoms with Crippen molar-refractivity contribution >= 4 is 16.7 Å². The van der Waals surface area contributed by atoms with Crippen LogP contribution in [0.15, 0.2) is 60.1 Å². The Bertz CT molecular complexity index is 1380. The van der Waals surface area contributed by atoms with Crippen molar-refractivity contribution in [1.82, 2.24) is 10.3 Å². The van der Waals surface area contributed by atoms with Crippen LogP contribution in [0.1, 0.15) is 40.9 Å². The number of hydrogen-bond donors (Lipinski definition) is 3. The number of aliphatic hydroxyl groups is 1. The highest BCUT2D eigenvalue weighted by molar-refractivity contribution is 6.11. The normalized spacial score (nSPS) is 18.2. The molecule has 3 aromatic rings. The summed E-state index contributed by atoms with van der Waals surface area (Å²) in [5.74, 6) is -0.414. The van der Waals surface area contributed by atoms with Crippen LogP contribution in [-0.4, -0.2) is 48.9 Å². The van der Waals surface area contributed by atoms with E-state index in [2.05, 4.69) is 10.3 Å². The van der Waals surface area contributed by atoms with Crippen LogP contribution in [0.4, 0.5) is 8.78 Å². The fourth-order valence-electron chi connectivity index (χ4n) is 4.63. The first-order valence-corrected chi connectivity index (χ1v) is 11.8. The number of ether oxygens (including phenoxy) is 3. The molecule has 4 rings (SSSR count). The molecule has 0 fully saturated rings. The number of carbonyl (C=O) groups is 1. The van der Waals surface area contributed by atoms with Crippen molar-refractivity contribution in [3.05, 3.63) is 88.5 Å². The number of aromatic amines is 1. The Morgan fingerprint density at radius 3 is 2.70 bits per heavy atom. The van der Waals surface area contributed by atoms with E-state index in [4.69, 9.17) is 14.2 Å². The first-order chi connectivity index (χ1) is 17.7.